The maximum atomic E-state index is 11.4. The van der Waals surface area contributed by atoms with Crippen molar-refractivity contribution in [2.24, 2.45) is 0 Å². The van der Waals surface area contributed by atoms with Crippen LogP contribution in [0.2, 0.25) is 0 Å². The smallest absolute Gasteiger partial charge is 0.341 e. The number of rotatable bonds is 4. The SMILES string of the molecule is CCOC(=O)c1ccccc1OCCl. The summed E-state index contributed by atoms with van der Waals surface area (Å²) < 4.78 is 9.92. The first-order valence-electron chi connectivity index (χ1n) is 4.24. The highest BCUT2D eigenvalue weighted by molar-refractivity contribution is 6.17. The van der Waals surface area contributed by atoms with Gasteiger partial charge in [0.15, 0.2) is 6.07 Å². The van der Waals surface area contributed by atoms with Crippen molar-refractivity contribution in [3.63, 3.8) is 0 Å². The highest BCUT2D eigenvalue weighted by Crippen LogP contribution is 2.19. The van der Waals surface area contributed by atoms with Crippen LogP contribution in [0.4, 0.5) is 0 Å². The van der Waals surface area contributed by atoms with Gasteiger partial charge in [0.2, 0.25) is 0 Å². The maximum absolute atomic E-state index is 11.4. The Morgan fingerprint density at radius 2 is 2.14 bits per heavy atom. The molecule has 0 heterocycles. The molecular weight excluding hydrogens is 204 g/mol. The zero-order valence-corrected chi connectivity index (χ0v) is 8.58. The van der Waals surface area contributed by atoms with Crippen LogP contribution in [0, 0.1) is 0 Å². The molecule has 1 rings (SSSR count). The third-order valence-electron chi connectivity index (χ3n) is 1.59. The van der Waals surface area contributed by atoms with E-state index in [1.54, 1.807) is 31.2 Å². The number of hydrogen-bond donors (Lipinski definition) is 0. The van der Waals surface area contributed by atoms with Crippen LogP contribution in [0.15, 0.2) is 24.3 Å². The van der Waals surface area contributed by atoms with E-state index in [0.717, 1.165) is 0 Å². The molecule has 0 saturated heterocycles. The van der Waals surface area contributed by atoms with Crippen molar-refractivity contribution < 1.29 is 14.3 Å². The van der Waals surface area contributed by atoms with E-state index in [-0.39, 0.29) is 6.07 Å². The lowest BCUT2D eigenvalue weighted by atomic mass is 10.2. The van der Waals surface area contributed by atoms with E-state index in [1.165, 1.54) is 0 Å². The topological polar surface area (TPSA) is 35.5 Å². The summed E-state index contributed by atoms with van der Waals surface area (Å²) in [5.74, 6) is 0.0502. The third kappa shape index (κ3) is 2.64. The van der Waals surface area contributed by atoms with Crippen LogP contribution in [0.1, 0.15) is 17.3 Å². The van der Waals surface area contributed by atoms with Gasteiger partial charge in [-0.3, -0.25) is 0 Å². The molecule has 4 heteroatoms. The van der Waals surface area contributed by atoms with Gasteiger partial charge in [-0.05, 0) is 19.1 Å². The molecule has 3 nitrogen and oxygen atoms in total. The maximum Gasteiger partial charge on any atom is 0.341 e. The molecule has 0 radical (unpaired) electrons. The molecule has 1 aromatic carbocycles. The zero-order chi connectivity index (χ0) is 10.4. The van der Waals surface area contributed by atoms with E-state index in [4.69, 9.17) is 21.1 Å². The van der Waals surface area contributed by atoms with Crippen LogP contribution in [-0.2, 0) is 4.74 Å². The lowest BCUT2D eigenvalue weighted by molar-refractivity contribution is 0.0522. The van der Waals surface area contributed by atoms with E-state index in [0.29, 0.717) is 17.9 Å². The molecule has 0 spiro atoms. The summed E-state index contributed by atoms with van der Waals surface area (Å²) in [6.07, 6.45) is 0. The van der Waals surface area contributed by atoms with Crippen molar-refractivity contribution >= 4 is 17.6 Å². The van der Waals surface area contributed by atoms with Crippen molar-refractivity contribution in [3.8, 4) is 5.75 Å². The first kappa shape index (κ1) is 10.9. The number of halogens is 1. The van der Waals surface area contributed by atoms with Crippen molar-refractivity contribution in [1.82, 2.24) is 0 Å². The lowest BCUT2D eigenvalue weighted by Crippen LogP contribution is -2.07. The summed E-state index contributed by atoms with van der Waals surface area (Å²) in [5.41, 5.74) is 0.398. The van der Waals surface area contributed by atoms with Crippen LogP contribution in [0.25, 0.3) is 0 Å². The molecule has 0 N–H and O–H groups in total. The molecular formula is C10H11ClO3. The van der Waals surface area contributed by atoms with E-state index >= 15 is 0 Å². The van der Waals surface area contributed by atoms with Gasteiger partial charge in [0.25, 0.3) is 0 Å². The van der Waals surface area contributed by atoms with Gasteiger partial charge in [0.1, 0.15) is 11.3 Å². The molecule has 0 aromatic heterocycles. The number of hydrogen-bond acceptors (Lipinski definition) is 3. The van der Waals surface area contributed by atoms with Crippen LogP contribution in [0.3, 0.4) is 0 Å². The average molecular weight is 215 g/mol. The first-order valence-corrected chi connectivity index (χ1v) is 4.78. The standard InChI is InChI=1S/C10H11ClO3/c1-2-13-10(12)8-5-3-4-6-9(8)14-7-11/h3-6H,2,7H2,1H3. The van der Waals surface area contributed by atoms with Crippen molar-refractivity contribution in [3.05, 3.63) is 29.8 Å². The van der Waals surface area contributed by atoms with Gasteiger partial charge in [-0.25, -0.2) is 4.79 Å². The number of para-hydroxylation sites is 1. The number of esters is 1. The fourth-order valence-corrected chi connectivity index (χ4v) is 1.15. The van der Waals surface area contributed by atoms with Crippen LogP contribution < -0.4 is 4.74 Å². The summed E-state index contributed by atoms with van der Waals surface area (Å²) in [7, 11) is 0. The summed E-state index contributed by atoms with van der Waals surface area (Å²) in [5, 5.41) is 0. The molecule has 1 aromatic rings. The van der Waals surface area contributed by atoms with Crippen molar-refractivity contribution in [2.45, 2.75) is 6.92 Å². The minimum absolute atomic E-state index is 0.0103. The van der Waals surface area contributed by atoms with E-state index in [2.05, 4.69) is 0 Å². The molecule has 0 unspecified atom stereocenters. The fraction of sp³-hybridized carbons (Fsp3) is 0.300. The highest BCUT2D eigenvalue weighted by atomic mass is 35.5. The Morgan fingerprint density at radius 3 is 2.79 bits per heavy atom. The Morgan fingerprint density at radius 1 is 1.43 bits per heavy atom. The zero-order valence-electron chi connectivity index (χ0n) is 7.83. The van der Waals surface area contributed by atoms with Crippen molar-refractivity contribution in [1.29, 1.82) is 0 Å². The quantitative estimate of drug-likeness (QED) is 0.571. The monoisotopic (exact) mass is 214 g/mol. The third-order valence-corrected chi connectivity index (χ3v) is 1.70. The van der Waals surface area contributed by atoms with Gasteiger partial charge in [-0.1, -0.05) is 23.7 Å². The molecule has 76 valence electrons. The summed E-state index contributed by atoms with van der Waals surface area (Å²) >= 11 is 5.42. The van der Waals surface area contributed by atoms with E-state index in [9.17, 15) is 4.79 Å². The van der Waals surface area contributed by atoms with Crippen molar-refractivity contribution in [2.75, 3.05) is 12.7 Å². The molecule has 14 heavy (non-hydrogen) atoms. The van der Waals surface area contributed by atoms with E-state index in [1.807, 2.05) is 0 Å². The second-order valence-corrected chi connectivity index (χ2v) is 2.69. The number of carbonyl (C=O) groups is 1. The first-order chi connectivity index (χ1) is 6.79. The second kappa shape index (κ2) is 5.50. The number of alkyl halides is 1. The summed E-state index contributed by atoms with van der Waals surface area (Å²) in [6, 6.07) is 6.84. The average Bonchev–Trinajstić information content (AvgIpc) is 2.19. The molecule has 0 aliphatic heterocycles. The highest BCUT2D eigenvalue weighted by Gasteiger charge is 2.12. The summed E-state index contributed by atoms with van der Waals surface area (Å²) in [6.45, 7) is 2.09. The van der Waals surface area contributed by atoms with Crippen LogP contribution >= 0.6 is 11.6 Å². The Bertz CT molecular complexity index is 312. The van der Waals surface area contributed by atoms with Crippen LogP contribution in [-0.4, -0.2) is 18.6 Å². The second-order valence-electron chi connectivity index (χ2n) is 2.47. The number of benzene rings is 1. The lowest BCUT2D eigenvalue weighted by Gasteiger charge is -2.07. The van der Waals surface area contributed by atoms with Gasteiger partial charge in [-0.15, -0.1) is 0 Å². The Hall–Kier alpha value is -1.22. The molecule has 0 amide bonds. The van der Waals surface area contributed by atoms with Gasteiger partial charge >= 0.3 is 5.97 Å². The molecule has 0 saturated carbocycles. The summed E-state index contributed by atoms with van der Waals surface area (Å²) in [4.78, 5) is 11.4. The Kier molecular flexibility index (Phi) is 4.26. The van der Waals surface area contributed by atoms with Crippen LogP contribution in [0.5, 0.6) is 5.75 Å². The number of carbonyl (C=O) groups excluding carboxylic acids is 1. The minimum Gasteiger partial charge on any atom is -0.477 e. The Balaban J connectivity index is 2.88. The normalized spacial score (nSPS) is 9.57. The minimum atomic E-state index is -0.395. The van der Waals surface area contributed by atoms with Gasteiger partial charge in [0, 0.05) is 0 Å². The van der Waals surface area contributed by atoms with E-state index < -0.39 is 5.97 Å². The van der Waals surface area contributed by atoms with Gasteiger partial charge in [0.05, 0.1) is 6.61 Å². The predicted molar refractivity (Wildman–Crippen MR) is 53.7 cm³/mol. The Labute approximate surface area is 87.6 Å². The van der Waals surface area contributed by atoms with Gasteiger partial charge in [-0.2, -0.15) is 0 Å². The number of ether oxygens (including phenoxy) is 2. The fourth-order valence-electron chi connectivity index (χ4n) is 1.03. The molecule has 0 atom stereocenters. The van der Waals surface area contributed by atoms with Gasteiger partial charge < -0.3 is 9.47 Å². The molecule has 0 bridgehead atoms. The largest absolute Gasteiger partial charge is 0.477 e. The molecule has 0 fully saturated rings. The predicted octanol–water partition coefficient (Wildman–Crippen LogP) is 2.44. The molecule has 0 aliphatic carbocycles. The molecule has 0 aliphatic rings.